The molecule has 1 aliphatic heterocycles. The third-order valence-electron chi connectivity index (χ3n) is 3.71. The summed E-state index contributed by atoms with van der Waals surface area (Å²) in [5.41, 5.74) is 1.80. The summed E-state index contributed by atoms with van der Waals surface area (Å²) in [5, 5.41) is 6.53. The maximum Gasteiger partial charge on any atom is 0.218 e. The highest BCUT2D eigenvalue weighted by atomic mass is 16.5. The lowest BCUT2D eigenvalue weighted by Gasteiger charge is -2.23. The van der Waals surface area contributed by atoms with Crippen molar-refractivity contribution in [3.8, 4) is 11.8 Å². The van der Waals surface area contributed by atoms with Crippen molar-refractivity contribution in [2.75, 3.05) is 25.5 Å². The average Bonchev–Trinajstić information content (AvgIpc) is 2.56. The second-order valence-electron chi connectivity index (χ2n) is 5.48. The third kappa shape index (κ3) is 4.07. The molecule has 0 amide bonds. The largest absolute Gasteiger partial charge is 0.481 e. The van der Waals surface area contributed by atoms with Gasteiger partial charge in [0.2, 0.25) is 11.8 Å². The summed E-state index contributed by atoms with van der Waals surface area (Å²) in [5.74, 6) is 1.89. The Hall–Kier alpha value is -2.41. The summed E-state index contributed by atoms with van der Waals surface area (Å²) in [6.45, 7) is 3.91. The van der Waals surface area contributed by atoms with Crippen LogP contribution in [0.4, 0.5) is 11.5 Å². The standard InChI is InChI=1S/C16H21N5O2/c1-11-7-12(9-18-16(11)22-2)21-14-8-15(20-10-19-14)23-13-3-5-17-6-4-13/h7-10,13,17H,3-6H2,1-2H3,(H,19,20,21). The van der Waals surface area contributed by atoms with Gasteiger partial charge in [-0.25, -0.2) is 15.0 Å². The van der Waals surface area contributed by atoms with Gasteiger partial charge >= 0.3 is 0 Å². The van der Waals surface area contributed by atoms with E-state index in [1.165, 1.54) is 6.33 Å². The van der Waals surface area contributed by atoms with Gasteiger partial charge in [0.1, 0.15) is 18.2 Å². The van der Waals surface area contributed by atoms with Crippen LogP contribution in [0.3, 0.4) is 0 Å². The summed E-state index contributed by atoms with van der Waals surface area (Å²) in [7, 11) is 1.61. The van der Waals surface area contributed by atoms with E-state index in [4.69, 9.17) is 9.47 Å². The molecule has 2 N–H and O–H groups in total. The van der Waals surface area contributed by atoms with Crippen molar-refractivity contribution in [3.05, 3.63) is 30.2 Å². The number of rotatable bonds is 5. The van der Waals surface area contributed by atoms with Crippen LogP contribution in [0.15, 0.2) is 24.7 Å². The minimum absolute atomic E-state index is 0.212. The topological polar surface area (TPSA) is 81.2 Å². The van der Waals surface area contributed by atoms with Gasteiger partial charge in [0, 0.05) is 11.6 Å². The van der Waals surface area contributed by atoms with Crippen LogP contribution in [0, 0.1) is 6.92 Å². The first kappa shape index (κ1) is 15.5. The highest BCUT2D eigenvalue weighted by Gasteiger charge is 2.15. The molecule has 0 bridgehead atoms. The molecule has 7 heteroatoms. The zero-order valence-electron chi connectivity index (χ0n) is 13.4. The zero-order chi connectivity index (χ0) is 16.1. The minimum Gasteiger partial charge on any atom is -0.481 e. The second kappa shape index (κ2) is 7.23. The molecule has 3 heterocycles. The molecule has 1 aliphatic rings. The molecular formula is C16H21N5O2. The summed E-state index contributed by atoms with van der Waals surface area (Å²) in [4.78, 5) is 12.7. The third-order valence-corrected chi connectivity index (χ3v) is 3.71. The van der Waals surface area contributed by atoms with Crippen molar-refractivity contribution in [1.82, 2.24) is 20.3 Å². The van der Waals surface area contributed by atoms with Crippen molar-refractivity contribution in [2.45, 2.75) is 25.9 Å². The van der Waals surface area contributed by atoms with Gasteiger partial charge in [-0.3, -0.25) is 0 Å². The molecule has 7 nitrogen and oxygen atoms in total. The number of ether oxygens (including phenoxy) is 2. The number of methoxy groups -OCH3 is 1. The molecule has 1 saturated heterocycles. The first-order valence-electron chi connectivity index (χ1n) is 7.71. The lowest BCUT2D eigenvalue weighted by atomic mass is 10.1. The van der Waals surface area contributed by atoms with E-state index in [0.717, 1.165) is 37.2 Å². The summed E-state index contributed by atoms with van der Waals surface area (Å²) >= 11 is 0. The van der Waals surface area contributed by atoms with Crippen LogP contribution in [0.5, 0.6) is 11.8 Å². The summed E-state index contributed by atoms with van der Waals surface area (Å²) < 4.78 is 11.1. The molecule has 3 rings (SSSR count). The van der Waals surface area contributed by atoms with E-state index >= 15 is 0 Å². The zero-order valence-corrected chi connectivity index (χ0v) is 13.4. The number of nitrogens with zero attached hydrogens (tertiary/aromatic N) is 3. The molecule has 122 valence electrons. The van der Waals surface area contributed by atoms with Crippen LogP contribution in [0.2, 0.25) is 0 Å². The van der Waals surface area contributed by atoms with Crippen LogP contribution in [-0.4, -0.2) is 41.3 Å². The molecule has 1 fully saturated rings. The SMILES string of the molecule is COc1ncc(Nc2cc(OC3CCNCC3)ncn2)cc1C. The van der Waals surface area contributed by atoms with E-state index in [1.54, 1.807) is 13.3 Å². The van der Waals surface area contributed by atoms with Gasteiger partial charge in [0.15, 0.2) is 0 Å². The van der Waals surface area contributed by atoms with E-state index in [0.29, 0.717) is 17.6 Å². The summed E-state index contributed by atoms with van der Waals surface area (Å²) in [6.07, 6.45) is 5.41. The second-order valence-corrected chi connectivity index (χ2v) is 5.48. The number of aryl methyl sites for hydroxylation is 1. The Morgan fingerprint density at radius 2 is 2.00 bits per heavy atom. The Labute approximate surface area is 135 Å². The monoisotopic (exact) mass is 315 g/mol. The van der Waals surface area contributed by atoms with E-state index in [-0.39, 0.29) is 6.10 Å². The highest BCUT2D eigenvalue weighted by molar-refractivity contribution is 5.57. The van der Waals surface area contributed by atoms with Gasteiger partial charge in [-0.05, 0) is 38.9 Å². The molecular weight excluding hydrogens is 294 g/mol. The molecule has 23 heavy (non-hydrogen) atoms. The van der Waals surface area contributed by atoms with Crippen LogP contribution in [-0.2, 0) is 0 Å². The van der Waals surface area contributed by atoms with Crippen LogP contribution in [0.1, 0.15) is 18.4 Å². The van der Waals surface area contributed by atoms with E-state index in [2.05, 4.69) is 25.6 Å². The van der Waals surface area contributed by atoms with Crippen LogP contribution < -0.4 is 20.1 Å². The van der Waals surface area contributed by atoms with E-state index in [1.807, 2.05) is 19.1 Å². The van der Waals surface area contributed by atoms with Gasteiger partial charge in [-0.1, -0.05) is 0 Å². The van der Waals surface area contributed by atoms with E-state index < -0.39 is 0 Å². The molecule has 0 radical (unpaired) electrons. The molecule has 0 saturated carbocycles. The van der Waals surface area contributed by atoms with Crippen LogP contribution in [0.25, 0.3) is 0 Å². The van der Waals surface area contributed by atoms with Gasteiger partial charge in [0.25, 0.3) is 0 Å². The Kier molecular flexibility index (Phi) is 4.87. The predicted molar refractivity (Wildman–Crippen MR) is 87.4 cm³/mol. The maximum absolute atomic E-state index is 5.93. The normalized spacial score (nSPS) is 15.2. The molecule has 0 spiro atoms. The number of pyridine rings is 1. The van der Waals surface area contributed by atoms with E-state index in [9.17, 15) is 0 Å². The average molecular weight is 315 g/mol. The summed E-state index contributed by atoms with van der Waals surface area (Å²) in [6, 6.07) is 3.77. The van der Waals surface area contributed by atoms with Gasteiger partial charge in [0.05, 0.1) is 19.0 Å². The van der Waals surface area contributed by atoms with Gasteiger partial charge < -0.3 is 20.1 Å². The lowest BCUT2D eigenvalue weighted by molar-refractivity contribution is 0.156. The maximum atomic E-state index is 5.93. The smallest absolute Gasteiger partial charge is 0.218 e. The van der Waals surface area contributed by atoms with Gasteiger partial charge in [-0.15, -0.1) is 0 Å². The molecule has 0 atom stereocenters. The molecule has 0 aromatic carbocycles. The van der Waals surface area contributed by atoms with Gasteiger partial charge in [-0.2, -0.15) is 0 Å². The number of nitrogens with one attached hydrogen (secondary N) is 2. The fourth-order valence-electron chi connectivity index (χ4n) is 2.55. The predicted octanol–water partition coefficient (Wildman–Crippen LogP) is 2.06. The molecule has 2 aromatic heterocycles. The first-order valence-corrected chi connectivity index (χ1v) is 7.71. The fourth-order valence-corrected chi connectivity index (χ4v) is 2.55. The lowest BCUT2D eigenvalue weighted by Crippen LogP contribution is -2.34. The van der Waals surface area contributed by atoms with Crippen LogP contribution >= 0.6 is 0 Å². The number of anilines is 2. The quantitative estimate of drug-likeness (QED) is 0.874. The molecule has 2 aromatic rings. The van der Waals surface area contributed by atoms with Crippen molar-refractivity contribution < 1.29 is 9.47 Å². The fraction of sp³-hybridized carbons (Fsp3) is 0.438. The first-order chi connectivity index (χ1) is 11.2. The Morgan fingerprint density at radius 1 is 1.17 bits per heavy atom. The highest BCUT2D eigenvalue weighted by Crippen LogP contribution is 2.22. The molecule has 0 aliphatic carbocycles. The van der Waals surface area contributed by atoms with Crippen molar-refractivity contribution in [1.29, 1.82) is 0 Å². The number of hydrogen-bond acceptors (Lipinski definition) is 7. The van der Waals surface area contributed by atoms with Crippen molar-refractivity contribution >= 4 is 11.5 Å². The Balaban J connectivity index is 1.68. The molecule has 0 unspecified atom stereocenters. The number of piperidine rings is 1. The Morgan fingerprint density at radius 3 is 2.74 bits per heavy atom. The number of aromatic nitrogens is 3. The number of hydrogen-bond donors (Lipinski definition) is 2. The van der Waals surface area contributed by atoms with Crippen molar-refractivity contribution in [3.63, 3.8) is 0 Å². The minimum atomic E-state index is 0.212. The van der Waals surface area contributed by atoms with Crippen molar-refractivity contribution in [2.24, 2.45) is 0 Å². The Bertz CT molecular complexity index is 659.